The molecule has 0 saturated carbocycles. The van der Waals surface area contributed by atoms with Crippen molar-refractivity contribution in [3.8, 4) is 5.75 Å². The van der Waals surface area contributed by atoms with Crippen molar-refractivity contribution in [3.63, 3.8) is 0 Å². The minimum absolute atomic E-state index is 0.0822. The molecule has 4 aromatic carbocycles. The zero-order valence-corrected chi connectivity index (χ0v) is 22.3. The van der Waals surface area contributed by atoms with Crippen molar-refractivity contribution in [2.24, 2.45) is 0 Å². The number of halogens is 1. The van der Waals surface area contributed by atoms with Crippen molar-refractivity contribution in [1.29, 1.82) is 0 Å². The molecule has 1 atom stereocenters. The number of anilines is 1. The van der Waals surface area contributed by atoms with Crippen LogP contribution >= 0.6 is 15.9 Å². The molecule has 0 aliphatic carbocycles. The van der Waals surface area contributed by atoms with E-state index in [0.29, 0.717) is 34.6 Å². The van der Waals surface area contributed by atoms with Crippen LogP contribution in [0.1, 0.15) is 45.8 Å². The second-order valence-electron chi connectivity index (χ2n) is 9.26. The highest BCUT2D eigenvalue weighted by atomic mass is 79.9. The molecule has 0 fully saturated rings. The SMILES string of the molecule is CCc1ccc(N2C(=O)c3oc4ccc(Br)cc4c(=O)c3C2c2ccc(OCc3ccccc3)cc2)cc1. The first kappa shape index (κ1) is 24.2. The maximum absolute atomic E-state index is 13.8. The van der Waals surface area contributed by atoms with E-state index in [4.69, 9.17) is 9.15 Å². The van der Waals surface area contributed by atoms with E-state index in [2.05, 4.69) is 22.9 Å². The lowest BCUT2D eigenvalue weighted by Gasteiger charge is -2.25. The number of rotatable bonds is 6. The average molecular weight is 566 g/mol. The smallest absolute Gasteiger partial charge is 0.295 e. The summed E-state index contributed by atoms with van der Waals surface area (Å²) >= 11 is 3.45. The number of fused-ring (bicyclic) bond motifs is 2. The van der Waals surface area contributed by atoms with E-state index in [1.165, 1.54) is 5.56 Å². The topological polar surface area (TPSA) is 59.8 Å². The zero-order chi connectivity index (χ0) is 26.2. The van der Waals surface area contributed by atoms with Crippen molar-refractivity contribution in [3.05, 3.63) is 140 Å². The van der Waals surface area contributed by atoms with Gasteiger partial charge in [0.1, 0.15) is 17.9 Å². The molecule has 188 valence electrons. The predicted octanol–water partition coefficient (Wildman–Crippen LogP) is 7.45. The first-order valence-electron chi connectivity index (χ1n) is 12.5. The molecule has 1 aliphatic heterocycles. The third-order valence-corrected chi connectivity index (χ3v) is 7.39. The van der Waals surface area contributed by atoms with Gasteiger partial charge in [0.05, 0.1) is 17.0 Å². The third kappa shape index (κ3) is 4.31. The summed E-state index contributed by atoms with van der Waals surface area (Å²) in [7, 11) is 0. The van der Waals surface area contributed by atoms with Gasteiger partial charge in [-0.25, -0.2) is 0 Å². The maximum Gasteiger partial charge on any atom is 0.295 e. The Kier molecular flexibility index (Phi) is 6.34. The molecule has 1 aliphatic rings. The Bertz CT molecular complexity index is 1690. The van der Waals surface area contributed by atoms with Crippen molar-refractivity contribution in [2.75, 3.05) is 4.90 Å². The van der Waals surface area contributed by atoms with Crippen LogP contribution in [0, 0.1) is 0 Å². The molecule has 6 rings (SSSR count). The molecule has 0 bridgehead atoms. The molecule has 6 heteroatoms. The molecule has 0 radical (unpaired) electrons. The van der Waals surface area contributed by atoms with E-state index in [1.807, 2.05) is 78.9 Å². The molecular weight excluding hydrogens is 542 g/mol. The summed E-state index contributed by atoms with van der Waals surface area (Å²) in [6, 6.07) is 30.0. The number of ether oxygens (including phenoxy) is 1. The minimum atomic E-state index is -0.632. The Labute approximate surface area is 228 Å². The lowest BCUT2D eigenvalue weighted by molar-refractivity contribution is 0.0971. The molecule has 2 heterocycles. The minimum Gasteiger partial charge on any atom is -0.489 e. The van der Waals surface area contributed by atoms with E-state index in [-0.39, 0.29) is 17.1 Å². The second kappa shape index (κ2) is 9.95. The fourth-order valence-corrected chi connectivity index (χ4v) is 5.27. The number of hydrogen-bond acceptors (Lipinski definition) is 4. The lowest BCUT2D eigenvalue weighted by atomic mass is 9.98. The highest BCUT2D eigenvalue weighted by Crippen LogP contribution is 2.41. The second-order valence-corrected chi connectivity index (χ2v) is 10.2. The summed E-state index contributed by atoms with van der Waals surface area (Å²) in [4.78, 5) is 29.3. The number of aryl methyl sites for hydroxylation is 1. The van der Waals surface area contributed by atoms with Crippen LogP contribution in [0.3, 0.4) is 0 Å². The van der Waals surface area contributed by atoms with Gasteiger partial charge in [-0.2, -0.15) is 0 Å². The fraction of sp³-hybridized carbons (Fsp3) is 0.125. The number of benzene rings is 4. The van der Waals surface area contributed by atoms with Gasteiger partial charge in [-0.3, -0.25) is 14.5 Å². The highest BCUT2D eigenvalue weighted by Gasteiger charge is 2.43. The van der Waals surface area contributed by atoms with Gasteiger partial charge in [0.25, 0.3) is 5.91 Å². The molecule has 5 nitrogen and oxygen atoms in total. The van der Waals surface area contributed by atoms with E-state index < -0.39 is 6.04 Å². The molecule has 1 unspecified atom stereocenters. The van der Waals surface area contributed by atoms with Crippen LogP contribution in [0.4, 0.5) is 5.69 Å². The number of carbonyl (C=O) groups excluding carboxylic acids is 1. The van der Waals surface area contributed by atoms with Gasteiger partial charge in [-0.15, -0.1) is 0 Å². The zero-order valence-electron chi connectivity index (χ0n) is 20.7. The van der Waals surface area contributed by atoms with Crippen LogP contribution in [0.25, 0.3) is 11.0 Å². The van der Waals surface area contributed by atoms with Crippen LogP contribution in [0.15, 0.2) is 111 Å². The van der Waals surface area contributed by atoms with Crippen LogP contribution in [0.2, 0.25) is 0 Å². The van der Waals surface area contributed by atoms with E-state index in [0.717, 1.165) is 22.0 Å². The summed E-state index contributed by atoms with van der Waals surface area (Å²) < 4.78 is 12.8. The Morgan fingerprint density at radius 3 is 2.32 bits per heavy atom. The molecule has 0 N–H and O–H groups in total. The first-order valence-corrected chi connectivity index (χ1v) is 13.3. The van der Waals surface area contributed by atoms with Gasteiger partial charge in [0, 0.05) is 10.2 Å². The molecule has 0 saturated heterocycles. The standard InChI is InChI=1S/C32H24BrNO4/c1-2-20-8-13-24(14-9-20)34-29(22-10-15-25(16-11-22)37-19-21-6-4-3-5-7-21)28-30(35)26-18-23(33)12-17-27(26)38-31(28)32(34)36/h3-18,29H,2,19H2,1H3. The molecular formula is C32H24BrNO4. The average Bonchev–Trinajstić information content (AvgIpc) is 3.25. The van der Waals surface area contributed by atoms with Crippen molar-refractivity contribution < 1.29 is 13.9 Å². The summed E-state index contributed by atoms with van der Waals surface area (Å²) in [5.74, 6) is 0.454. The van der Waals surface area contributed by atoms with Crippen LogP contribution in [-0.2, 0) is 13.0 Å². The normalized spacial score (nSPS) is 14.6. The van der Waals surface area contributed by atoms with Crippen molar-refractivity contribution in [2.45, 2.75) is 26.0 Å². The van der Waals surface area contributed by atoms with E-state index in [1.54, 1.807) is 23.1 Å². The molecule has 0 spiro atoms. The van der Waals surface area contributed by atoms with Gasteiger partial charge < -0.3 is 9.15 Å². The largest absolute Gasteiger partial charge is 0.489 e. The molecule has 5 aromatic rings. The van der Waals surface area contributed by atoms with Gasteiger partial charge in [0.2, 0.25) is 5.76 Å². The third-order valence-electron chi connectivity index (χ3n) is 6.90. The van der Waals surface area contributed by atoms with Crippen LogP contribution < -0.4 is 15.1 Å². The molecule has 38 heavy (non-hydrogen) atoms. The Morgan fingerprint density at radius 1 is 0.868 bits per heavy atom. The van der Waals surface area contributed by atoms with Gasteiger partial charge in [-0.1, -0.05) is 77.5 Å². The summed E-state index contributed by atoms with van der Waals surface area (Å²) in [5, 5.41) is 0.432. The Hall–Kier alpha value is -4.16. The number of nitrogens with zero attached hydrogens (tertiary/aromatic N) is 1. The van der Waals surface area contributed by atoms with Crippen molar-refractivity contribution in [1.82, 2.24) is 0 Å². The highest BCUT2D eigenvalue weighted by molar-refractivity contribution is 9.10. The van der Waals surface area contributed by atoms with Gasteiger partial charge in [-0.05, 0) is 65.6 Å². The molecule has 1 aromatic heterocycles. The summed E-state index contributed by atoms with van der Waals surface area (Å²) in [6.07, 6.45) is 0.892. The van der Waals surface area contributed by atoms with Crippen LogP contribution in [0.5, 0.6) is 5.75 Å². The monoisotopic (exact) mass is 565 g/mol. The van der Waals surface area contributed by atoms with Gasteiger partial charge >= 0.3 is 0 Å². The Morgan fingerprint density at radius 2 is 1.61 bits per heavy atom. The fourth-order valence-electron chi connectivity index (χ4n) is 4.91. The Balaban J connectivity index is 1.44. The quantitative estimate of drug-likeness (QED) is 0.214. The van der Waals surface area contributed by atoms with E-state index >= 15 is 0 Å². The lowest BCUT2D eigenvalue weighted by Crippen LogP contribution is -2.29. The van der Waals surface area contributed by atoms with Crippen LogP contribution in [-0.4, -0.2) is 5.91 Å². The predicted molar refractivity (Wildman–Crippen MR) is 152 cm³/mol. The number of amides is 1. The number of hydrogen-bond donors (Lipinski definition) is 0. The maximum atomic E-state index is 13.8. The summed E-state index contributed by atoms with van der Waals surface area (Å²) in [5.41, 5.74) is 4.26. The first-order chi connectivity index (χ1) is 18.5. The number of carbonyl (C=O) groups is 1. The van der Waals surface area contributed by atoms with Crippen molar-refractivity contribution >= 4 is 38.5 Å². The molecule has 1 amide bonds. The van der Waals surface area contributed by atoms with Gasteiger partial charge in [0.15, 0.2) is 5.43 Å². The van der Waals surface area contributed by atoms with E-state index in [9.17, 15) is 9.59 Å². The summed E-state index contributed by atoms with van der Waals surface area (Å²) in [6.45, 7) is 2.54.